The maximum Gasteiger partial charge on any atom is 0.287 e. The van der Waals surface area contributed by atoms with E-state index in [0.717, 1.165) is 41.6 Å². The summed E-state index contributed by atoms with van der Waals surface area (Å²) >= 11 is 3.15. The van der Waals surface area contributed by atoms with Crippen LogP contribution in [0.2, 0.25) is 0 Å². The number of likely N-dealkylation sites (N-methyl/N-ethyl adjacent to an activating group) is 1. The van der Waals surface area contributed by atoms with Crippen LogP contribution in [0.5, 0.6) is 0 Å². The van der Waals surface area contributed by atoms with Crippen LogP contribution in [-0.2, 0) is 17.8 Å². The van der Waals surface area contributed by atoms with Gasteiger partial charge in [0.2, 0.25) is 5.91 Å². The van der Waals surface area contributed by atoms with E-state index in [-0.39, 0.29) is 18.2 Å². The molecule has 0 fully saturated rings. The number of furan rings is 2. The number of hydrogen-bond donors (Lipinski definition) is 1. The average molecular weight is 447 g/mol. The molecule has 1 N–H and O–H groups in total. The van der Waals surface area contributed by atoms with E-state index in [1.54, 1.807) is 24.1 Å². The fourth-order valence-electron chi connectivity index (χ4n) is 3.00. The van der Waals surface area contributed by atoms with Gasteiger partial charge in [-0.15, -0.1) is 0 Å². The first-order chi connectivity index (χ1) is 13.5. The first-order valence-corrected chi connectivity index (χ1v) is 10.1. The van der Waals surface area contributed by atoms with Crippen LogP contribution < -0.4 is 5.32 Å². The molecule has 3 aromatic rings. The van der Waals surface area contributed by atoms with Crippen molar-refractivity contribution in [1.82, 2.24) is 10.2 Å². The van der Waals surface area contributed by atoms with Crippen LogP contribution in [0.4, 0.5) is 0 Å². The summed E-state index contributed by atoms with van der Waals surface area (Å²) in [5.41, 5.74) is 1.86. The first kappa shape index (κ1) is 20.2. The van der Waals surface area contributed by atoms with Gasteiger partial charge in [-0.25, -0.2) is 0 Å². The maximum atomic E-state index is 12.5. The van der Waals surface area contributed by atoms with Crippen LogP contribution in [0, 0.1) is 0 Å². The second-order valence-electron chi connectivity index (χ2n) is 6.64. The van der Waals surface area contributed by atoms with Gasteiger partial charge in [0.25, 0.3) is 5.91 Å². The third kappa shape index (κ3) is 4.65. The van der Waals surface area contributed by atoms with Crippen molar-refractivity contribution >= 4 is 38.7 Å². The predicted molar refractivity (Wildman–Crippen MR) is 110 cm³/mol. The molecule has 0 aliphatic rings. The lowest BCUT2D eigenvalue weighted by molar-refractivity contribution is -0.129. The van der Waals surface area contributed by atoms with Crippen molar-refractivity contribution in [2.24, 2.45) is 0 Å². The number of amides is 2. The standard InChI is InChI=1S/C21H23BrN2O4/c1-3-4-8-17-15(14-7-5-6-9-16(14)27-17)13-24(2)20(25)12-23-21(26)18-10-11-19(22)28-18/h5-7,9-11H,3-4,8,12-13H2,1-2H3,(H,23,26). The molecule has 0 radical (unpaired) electrons. The number of carbonyl (C=O) groups is 2. The number of nitrogens with one attached hydrogen (secondary N) is 1. The summed E-state index contributed by atoms with van der Waals surface area (Å²) in [6.07, 6.45) is 2.94. The Labute approximate surface area is 172 Å². The molecule has 2 aromatic heterocycles. The Bertz CT molecular complexity index is 976. The van der Waals surface area contributed by atoms with Crippen LogP contribution in [0.1, 0.15) is 41.6 Å². The summed E-state index contributed by atoms with van der Waals surface area (Å²) in [4.78, 5) is 26.2. The van der Waals surface area contributed by atoms with E-state index < -0.39 is 5.91 Å². The predicted octanol–water partition coefficient (Wildman–Crippen LogP) is 4.52. The van der Waals surface area contributed by atoms with Gasteiger partial charge in [0.15, 0.2) is 10.4 Å². The largest absolute Gasteiger partial charge is 0.461 e. The highest BCUT2D eigenvalue weighted by Crippen LogP contribution is 2.28. The maximum absolute atomic E-state index is 12.5. The van der Waals surface area contributed by atoms with Crippen molar-refractivity contribution in [3.8, 4) is 0 Å². The first-order valence-electron chi connectivity index (χ1n) is 9.26. The third-order valence-corrected chi connectivity index (χ3v) is 4.98. The van der Waals surface area contributed by atoms with Crippen molar-refractivity contribution in [1.29, 1.82) is 0 Å². The molecule has 0 aliphatic carbocycles. The summed E-state index contributed by atoms with van der Waals surface area (Å²) < 4.78 is 11.7. The van der Waals surface area contributed by atoms with Gasteiger partial charge in [-0.3, -0.25) is 9.59 Å². The van der Waals surface area contributed by atoms with E-state index in [9.17, 15) is 9.59 Å². The Morgan fingerprint density at radius 1 is 1.14 bits per heavy atom. The number of fused-ring (bicyclic) bond motifs is 1. The number of benzene rings is 1. The number of nitrogens with zero attached hydrogens (tertiary/aromatic N) is 1. The Morgan fingerprint density at radius 2 is 1.93 bits per heavy atom. The Hall–Kier alpha value is -2.54. The molecule has 1 aromatic carbocycles. The number of para-hydroxylation sites is 1. The second kappa shape index (κ2) is 9.10. The van der Waals surface area contributed by atoms with E-state index in [1.165, 1.54) is 0 Å². The zero-order valence-corrected chi connectivity index (χ0v) is 17.5. The monoisotopic (exact) mass is 446 g/mol. The average Bonchev–Trinajstić information content (AvgIpc) is 3.28. The summed E-state index contributed by atoms with van der Waals surface area (Å²) in [5, 5.41) is 3.62. The molecule has 2 amide bonds. The van der Waals surface area contributed by atoms with Crippen molar-refractivity contribution < 1.29 is 18.4 Å². The highest BCUT2D eigenvalue weighted by atomic mass is 79.9. The molecule has 0 saturated heterocycles. The summed E-state index contributed by atoms with van der Waals surface area (Å²) in [6, 6.07) is 11.0. The van der Waals surface area contributed by atoms with Crippen LogP contribution in [-0.4, -0.2) is 30.3 Å². The van der Waals surface area contributed by atoms with Crippen molar-refractivity contribution in [2.75, 3.05) is 13.6 Å². The van der Waals surface area contributed by atoms with E-state index in [1.807, 2.05) is 24.3 Å². The molecule has 2 heterocycles. The van der Waals surface area contributed by atoms with Gasteiger partial charge in [-0.1, -0.05) is 31.5 Å². The molecule has 148 valence electrons. The molecular weight excluding hydrogens is 424 g/mol. The highest BCUT2D eigenvalue weighted by Gasteiger charge is 2.19. The third-order valence-electron chi connectivity index (χ3n) is 4.56. The van der Waals surface area contributed by atoms with Crippen LogP contribution in [0.25, 0.3) is 11.0 Å². The minimum Gasteiger partial charge on any atom is -0.461 e. The number of aryl methyl sites for hydroxylation is 1. The fraction of sp³-hybridized carbons (Fsp3) is 0.333. The zero-order chi connectivity index (χ0) is 20.1. The van der Waals surface area contributed by atoms with Gasteiger partial charge in [0, 0.05) is 31.0 Å². The highest BCUT2D eigenvalue weighted by molar-refractivity contribution is 9.10. The Balaban J connectivity index is 1.67. The Morgan fingerprint density at radius 3 is 2.64 bits per heavy atom. The van der Waals surface area contributed by atoms with E-state index in [2.05, 4.69) is 28.2 Å². The topological polar surface area (TPSA) is 75.7 Å². The van der Waals surface area contributed by atoms with Crippen molar-refractivity contribution in [3.05, 3.63) is 58.2 Å². The van der Waals surface area contributed by atoms with E-state index >= 15 is 0 Å². The number of halogens is 1. The number of carbonyl (C=O) groups excluding carboxylic acids is 2. The molecule has 6 nitrogen and oxygen atoms in total. The van der Waals surface area contributed by atoms with E-state index in [4.69, 9.17) is 8.83 Å². The lowest BCUT2D eigenvalue weighted by Gasteiger charge is -2.17. The fourth-order valence-corrected chi connectivity index (χ4v) is 3.31. The van der Waals surface area contributed by atoms with Crippen LogP contribution >= 0.6 is 15.9 Å². The van der Waals surface area contributed by atoms with Gasteiger partial charge in [-0.05, 0) is 40.5 Å². The minimum absolute atomic E-state index is 0.103. The summed E-state index contributed by atoms with van der Waals surface area (Å²) in [7, 11) is 1.73. The van der Waals surface area contributed by atoms with Gasteiger partial charge in [0.05, 0.1) is 6.54 Å². The van der Waals surface area contributed by atoms with Crippen molar-refractivity contribution in [2.45, 2.75) is 32.7 Å². The van der Waals surface area contributed by atoms with Gasteiger partial charge in [0.1, 0.15) is 11.3 Å². The Kier molecular flexibility index (Phi) is 6.57. The zero-order valence-electron chi connectivity index (χ0n) is 16.0. The molecular formula is C21H23BrN2O4. The molecule has 0 spiro atoms. The van der Waals surface area contributed by atoms with E-state index in [0.29, 0.717) is 11.2 Å². The van der Waals surface area contributed by atoms with Crippen LogP contribution in [0.15, 0.2) is 49.9 Å². The summed E-state index contributed by atoms with van der Waals surface area (Å²) in [5.74, 6) is 0.465. The summed E-state index contributed by atoms with van der Waals surface area (Å²) in [6.45, 7) is 2.46. The molecule has 0 atom stereocenters. The molecule has 0 bridgehead atoms. The number of unbranched alkanes of at least 4 members (excludes halogenated alkanes) is 1. The minimum atomic E-state index is -0.426. The lowest BCUT2D eigenvalue weighted by Crippen LogP contribution is -2.37. The normalized spacial score (nSPS) is 11.0. The SMILES string of the molecule is CCCCc1oc2ccccc2c1CN(C)C(=O)CNC(=O)c1ccc(Br)o1. The van der Waals surface area contributed by atoms with Crippen molar-refractivity contribution in [3.63, 3.8) is 0 Å². The molecule has 0 saturated carbocycles. The molecule has 0 aliphatic heterocycles. The number of hydrogen-bond acceptors (Lipinski definition) is 4. The molecule has 3 rings (SSSR count). The molecule has 7 heteroatoms. The van der Waals surface area contributed by atoms with Gasteiger partial charge >= 0.3 is 0 Å². The van der Waals surface area contributed by atoms with Gasteiger partial charge < -0.3 is 19.1 Å². The van der Waals surface area contributed by atoms with Gasteiger partial charge in [-0.2, -0.15) is 0 Å². The molecule has 28 heavy (non-hydrogen) atoms. The second-order valence-corrected chi connectivity index (χ2v) is 7.42. The van der Waals surface area contributed by atoms with Crippen LogP contribution in [0.3, 0.4) is 0 Å². The smallest absolute Gasteiger partial charge is 0.287 e. The number of rotatable bonds is 8. The quantitative estimate of drug-likeness (QED) is 0.551. The molecule has 0 unspecified atom stereocenters. The lowest BCUT2D eigenvalue weighted by atomic mass is 10.1.